The Kier molecular flexibility index (Phi) is 6.42. The molecule has 4 heterocycles. The smallest absolute Gasteiger partial charge is 0.267 e. The van der Waals surface area contributed by atoms with Crippen molar-refractivity contribution in [2.75, 3.05) is 19.6 Å². The van der Waals surface area contributed by atoms with Gasteiger partial charge in [0.15, 0.2) is 5.82 Å². The zero-order valence-electron chi connectivity index (χ0n) is 20.5. The van der Waals surface area contributed by atoms with E-state index < -0.39 is 0 Å². The van der Waals surface area contributed by atoms with Gasteiger partial charge >= 0.3 is 0 Å². The van der Waals surface area contributed by atoms with Crippen LogP contribution in [-0.2, 0) is 13.1 Å². The van der Waals surface area contributed by atoms with Crippen LogP contribution < -0.4 is 5.56 Å². The summed E-state index contributed by atoms with van der Waals surface area (Å²) in [7, 11) is 0. The van der Waals surface area contributed by atoms with Crippen molar-refractivity contribution in [3.8, 4) is 22.5 Å². The fraction of sp³-hybridized carbons (Fsp3) is 0.393. The molecule has 1 aliphatic heterocycles. The molecule has 36 heavy (non-hydrogen) atoms. The SMILES string of the molecule is O=c1ccc(C2CC2)nn1Cc1cccc(-c2ncc(-c3cnn(CCN4CCCCC4)c3)cn2)c1. The fourth-order valence-corrected chi connectivity index (χ4v) is 4.84. The fourth-order valence-electron chi connectivity index (χ4n) is 4.84. The van der Waals surface area contributed by atoms with Crippen LogP contribution in [0.3, 0.4) is 0 Å². The van der Waals surface area contributed by atoms with Gasteiger partial charge in [-0.05, 0) is 56.5 Å². The molecule has 3 aromatic heterocycles. The molecule has 0 N–H and O–H groups in total. The van der Waals surface area contributed by atoms with E-state index in [-0.39, 0.29) is 5.56 Å². The van der Waals surface area contributed by atoms with E-state index in [1.54, 1.807) is 10.7 Å². The largest absolute Gasteiger partial charge is 0.301 e. The number of hydrogen-bond acceptors (Lipinski definition) is 6. The number of hydrogen-bond donors (Lipinski definition) is 0. The Hall–Kier alpha value is -3.65. The maximum absolute atomic E-state index is 12.3. The summed E-state index contributed by atoms with van der Waals surface area (Å²) in [5.74, 6) is 1.17. The van der Waals surface area contributed by atoms with Crippen LogP contribution in [0.1, 0.15) is 49.3 Å². The number of benzene rings is 1. The van der Waals surface area contributed by atoms with E-state index in [1.807, 2.05) is 53.6 Å². The third kappa shape index (κ3) is 5.28. The van der Waals surface area contributed by atoms with Crippen LogP contribution in [0.5, 0.6) is 0 Å². The Morgan fingerprint density at radius 3 is 2.50 bits per heavy atom. The zero-order chi connectivity index (χ0) is 24.3. The summed E-state index contributed by atoms with van der Waals surface area (Å²) >= 11 is 0. The molecule has 8 heteroatoms. The number of rotatable bonds is 8. The summed E-state index contributed by atoms with van der Waals surface area (Å²) in [5, 5.41) is 9.12. The normalized spacial score (nSPS) is 16.3. The molecule has 1 saturated heterocycles. The molecule has 184 valence electrons. The first-order valence-corrected chi connectivity index (χ1v) is 13.0. The van der Waals surface area contributed by atoms with Gasteiger partial charge in [-0.1, -0.05) is 24.6 Å². The molecule has 6 rings (SSSR count). The van der Waals surface area contributed by atoms with Crippen LogP contribution in [0.15, 0.2) is 66.0 Å². The van der Waals surface area contributed by atoms with Crippen LogP contribution in [0.4, 0.5) is 0 Å². The minimum atomic E-state index is -0.0816. The minimum absolute atomic E-state index is 0.0816. The molecule has 1 aliphatic carbocycles. The van der Waals surface area contributed by atoms with Crippen LogP contribution in [0, 0.1) is 0 Å². The van der Waals surface area contributed by atoms with E-state index >= 15 is 0 Å². The van der Waals surface area contributed by atoms with Gasteiger partial charge in [0.1, 0.15) is 0 Å². The van der Waals surface area contributed by atoms with Crippen molar-refractivity contribution in [2.24, 2.45) is 0 Å². The zero-order valence-corrected chi connectivity index (χ0v) is 20.5. The molecule has 0 amide bonds. The molecule has 0 bridgehead atoms. The maximum atomic E-state index is 12.3. The second-order valence-electron chi connectivity index (χ2n) is 9.92. The van der Waals surface area contributed by atoms with Crippen molar-refractivity contribution in [2.45, 2.75) is 51.1 Å². The van der Waals surface area contributed by atoms with Crippen LogP contribution in [0.2, 0.25) is 0 Å². The minimum Gasteiger partial charge on any atom is -0.301 e. The number of aromatic nitrogens is 6. The predicted molar refractivity (Wildman–Crippen MR) is 139 cm³/mol. The molecule has 2 aliphatic rings. The lowest BCUT2D eigenvalue weighted by molar-refractivity contribution is 0.218. The van der Waals surface area contributed by atoms with Gasteiger partial charge in [0.25, 0.3) is 5.56 Å². The van der Waals surface area contributed by atoms with Gasteiger partial charge in [0.05, 0.1) is 25.0 Å². The number of nitrogens with zero attached hydrogens (tertiary/aromatic N) is 7. The Labute approximate surface area is 210 Å². The van der Waals surface area contributed by atoms with Crippen molar-refractivity contribution in [1.29, 1.82) is 0 Å². The Morgan fingerprint density at radius 2 is 1.69 bits per heavy atom. The first-order chi connectivity index (χ1) is 17.7. The molecule has 8 nitrogen and oxygen atoms in total. The van der Waals surface area contributed by atoms with Gasteiger partial charge < -0.3 is 4.90 Å². The third-order valence-corrected chi connectivity index (χ3v) is 7.11. The van der Waals surface area contributed by atoms with Gasteiger partial charge in [-0.25, -0.2) is 14.6 Å². The van der Waals surface area contributed by atoms with Gasteiger partial charge in [-0.15, -0.1) is 0 Å². The van der Waals surface area contributed by atoms with Crippen LogP contribution in [0.25, 0.3) is 22.5 Å². The lowest BCUT2D eigenvalue weighted by atomic mass is 10.1. The van der Waals surface area contributed by atoms with Crippen molar-refractivity contribution >= 4 is 0 Å². The van der Waals surface area contributed by atoms with Crippen molar-refractivity contribution in [1.82, 2.24) is 34.4 Å². The standard InChI is InChI=1S/C28H31N7O/c36-27-10-9-26(22-7-8-22)32-35(27)19-21-5-4-6-23(15-21)28-29-16-24(17-30-28)25-18-31-34(20-25)14-13-33-11-2-1-3-12-33/h4-6,9-10,15-18,20,22H,1-3,7-8,11-14,19H2. The Bertz CT molecular complexity index is 1380. The molecule has 2 fully saturated rings. The van der Waals surface area contributed by atoms with Gasteiger partial charge in [0.2, 0.25) is 0 Å². The second-order valence-corrected chi connectivity index (χ2v) is 9.92. The highest BCUT2D eigenvalue weighted by atomic mass is 16.1. The number of piperidine rings is 1. The van der Waals surface area contributed by atoms with Crippen LogP contribution >= 0.6 is 0 Å². The van der Waals surface area contributed by atoms with E-state index in [0.29, 0.717) is 18.3 Å². The average molecular weight is 482 g/mol. The highest BCUT2D eigenvalue weighted by Crippen LogP contribution is 2.38. The topological polar surface area (TPSA) is 81.7 Å². The van der Waals surface area contributed by atoms with Crippen molar-refractivity contribution in [3.63, 3.8) is 0 Å². The monoisotopic (exact) mass is 481 g/mol. The highest BCUT2D eigenvalue weighted by molar-refractivity contribution is 5.62. The maximum Gasteiger partial charge on any atom is 0.267 e. The molecule has 0 atom stereocenters. The summed E-state index contributed by atoms with van der Waals surface area (Å²) < 4.78 is 3.56. The predicted octanol–water partition coefficient (Wildman–Crippen LogP) is 3.98. The Morgan fingerprint density at radius 1 is 0.861 bits per heavy atom. The lowest BCUT2D eigenvalue weighted by Crippen LogP contribution is -2.32. The molecule has 0 spiro atoms. The Balaban J connectivity index is 1.13. The number of likely N-dealkylation sites (tertiary alicyclic amines) is 1. The summed E-state index contributed by atoms with van der Waals surface area (Å²) in [6.07, 6.45) is 14.0. The van der Waals surface area contributed by atoms with E-state index in [1.165, 1.54) is 32.4 Å². The van der Waals surface area contributed by atoms with E-state index in [0.717, 1.165) is 53.9 Å². The highest BCUT2D eigenvalue weighted by Gasteiger charge is 2.25. The summed E-state index contributed by atoms with van der Waals surface area (Å²) in [5.41, 5.74) is 4.82. The molecule has 0 radical (unpaired) electrons. The summed E-state index contributed by atoms with van der Waals surface area (Å²) in [4.78, 5) is 24.1. The second kappa shape index (κ2) is 10.1. The van der Waals surface area contributed by atoms with E-state index in [9.17, 15) is 4.79 Å². The lowest BCUT2D eigenvalue weighted by Gasteiger charge is -2.26. The first-order valence-electron chi connectivity index (χ1n) is 13.0. The third-order valence-electron chi connectivity index (χ3n) is 7.11. The molecule has 0 unspecified atom stereocenters. The van der Waals surface area contributed by atoms with Crippen molar-refractivity contribution in [3.05, 3.63) is 82.8 Å². The van der Waals surface area contributed by atoms with Gasteiger partial charge in [-0.3, -0.25) is 9.48 Å². The molecule has 1 saturated carbocycles. The quantitative estimate of drug-likeness (QED) is 0.379. The van der Waals surface area contributed by atoms with Gasteiger partial charge in [-0.2, -0.15) is 10.2 Å². The average Bonchev–Trinajstić information content (AvgIpc) is 3.67. The van der Waals surface area contributed by atoms with Crippen molar-refractivity contribution < 1.29 is 0 Å². The molecule has 1 aromatic carbocycles. The van der Waals surface area contributed by atoms with Crippen LogP contribution in [-0.4, -0.2) is 54.1 Å². The first kappa shape index (κ1) is 22.8. The molecule has 4 aromatic rings. The summed E-state index contributed by atoms with van der Waals surface area (Å²) in [6.45, 7) is 4.77. The van der Waals surface area contributed by atoms with E-state index in [4.69, 9.17) is 0 Å². The molecular formula is C28H31N7O. The van der Waals surface area contributed by atoms with Gasteiger partial charge in [0, 0.05) is 53.8 Å². The molecular weight excluding hydrogens is 450 g/mol. The van der Waals surface area contributed by atoms with E-state index in [2.05, 4.69) is 31.3 Å². The summed E-state index contributed by atoms with van der Waals surface area (Å²) in [6, 6.07) is 11.5.